The van der Waals surface area contributed by atoms with E-state index in [9.17, 15) is 10.1 Å². The zero-order valence-corrected chi connectivity index (χ0v) is 11.7. The molecule has 0 fully saturated rings. The summed E-state index contributed by atoms with van der Waals surface area (Å²) in [5, 5.41) is 18.1. The Labute approximate surface area is 119 Å². The van der Waals surface area contributed by atoms with Crippen molar-refractivity contribution in [3.63, 3.8) is 0 Å². The van der Waals surface area contributed by atoms with Gasteiger partial charge in [-0.1, -0.05) is 11.8 Å². The molecule has 2 rings (SSSR count). The van der Waals surface area contributed by atoms with Crippen molar-refractivity contribution in [2.45, 2.75) is 12.1 Å². The van der Waals surface area contributed by atoms with E-state index in [2.05, 4.69) is 15.2 Å². The molecule has 0 aliphatic carbocycles. The Balaban J connectivity index is 1.99. The number of aromatic amines is 1. The molecule has 0 saturated carbocycles. The summed E-state index contributed by atoms with van der Waals surface area (Å²) in [5.74, 6) is 1.38. The highest BCUT2D eigenvalue weighted by Crippen LogP contribution is 2.21. The number of rotatable bonds is 7. The summed E-state index contributed by atoms with van der Waals surface area (Å²) in [6.07, 6.45) is 0. The van der Waals surface area contributed by atoms with Crippen molar-refractivity contribution in [3.8, 4) is 11.4 Å². The fourth-order valence-corrected chi connectivity index (χ4v) is 2.17. The molecule has 20 heavy (non-hydrogen) atoms. The van der Waals surface area contributed by atoms with Crippen LogP contribution in [-0.2, 0) is 4.74 Å². The summed E-state index contributed by atoms with van der Waals surface area (Å²) in [6.45, 7) is 3.30. The third-order valence-electron chi connectivity index (χ3n) is 2.48. The van der Waals surface area contributed by atoms with Gasteiger partial charge in [-0.25, -0.2) is 4.98 Å². The normalized spacial score (nSPS) is 10.7. The van der Waals surface area contributed by atoms with Crippen LogP contribution in [0.2, 0.25) is 0 Å². The largest absolute Gasteiger partial charge is 0.381 e. The van der Waals surface area contributed by atoms with Crippen LogP contribution in [0.3, 0.4) is 0 Å². The van der Waals surface area contributed by atoms with Crippen LogP contribution in [0.25, 0.3) is 11.4 Å². The maximum atomic E-state index is 10.6. The number of hydrogen-bond acceptors (Lipinski definition) is 6. The molecule has 1 N–H and O–H groups in total. The number of nitro benzene ring substituents is 1. The van der Waals surface area contributed by atoms with Crippen LogP contribution in [-0.4, -0.2) is 39.1 Å². The first-order chi connectivity index (χ1) is 9.70. The van der Waals surface area contributed by atoms with Crippen molar-refractivity contribution in [1.82, 2.24) is 15.2 Å². The summed E-state index contributed by atoms with van der Waals surface area (Å²) in [6, 6.07) is 6.18. The topological polar surface area (TPSA) is 93.9 Å². The molecule has 0 spiro atoms. The lowest BCUT2D eigenvalue weighted by Gasteiger charge is -1.97. The highest BCUT2D eigenvalue weighted by atomic mass is 32.2. The molecule has 106 valence electrons. The van der Waals surface area contributed by atoms with Crippen LogP contribution in [0, 0.1) is 10.1 Å². The third-order valence-corrected chi connectivity index (χ3v) is 3.29. The molecule has 1 heterocycles. The van der Waals surface area contributed by atoms with Crippen LogP contribution >= 0.6 is 11.8 Å². The minimum Gasteiger partial charge on any atom is -0.381 e. The van der Waals surface area contributed by atoms with E-state index in [4.69, 9.17) is 4.74 Å². The zero-order chi connectivity index (χ0) is 14.4. The standard InChI is InChI=1S/C12H14N4O3S/c1-2-19-7-8-20-12-13-11(14-15-12)9-3-5-10(6-4-9)16(17)18/h3-6H,2,7-8H2,1H3,(H,13,14,15). The molecule has 0 radical (unpaired) electrons. The molecule has 0 unspecified atom stereocenters. The fraction of sp³-hybridized carbons (Fsp3) is 0.333. The molecule has 8 heteroatoms. The lowest BCUT2D eigenvalue weighted by atomic mass is 10.2. The van der Waals surface area contributed by atoms with E-state index < -0.39 is 4.92 Å². The number of thioether (sulfide) groups is 1. The van der Waals surface area contributed by atoms with Crippen molar-refractivity contribution < 1.29 is 9.66 Å². The Kier molecular flexibility index (Phi) is 5.08. The number of nitrogens with one attached hydrogen (secondary N) is 1. The Morgan fingerprint density at radius 1 is 1.40 bits per heavy atom. The predicted molar refractivity (Wildman–Crippen MR) is 75.7 cm³/mol. The van der Waals surface area contributed by atoms with Crippen molar-refractivity contribution >= 4 is 17.4 Å². The van der Waals surface area contributed by atoms with E-state index in [1.807, 2.05) is 6.92 Å². The van der Waals surface area contributed by atoms with E-state index in [1.54, 1.807) is 12.1 Å². The fourth-order valence-electron chi connectivity index (χ4n) is 1.52. The Bertz CT molecular complexity index is 570. The van der Waals surface area contributed by atoms with Gasteiger partial charge in [0.1, 0.15) is 0 Å². The van der Waals surface area contributed by atoms with Gasteiger partial charge >= 0.3 is 0 Å². The van der Waals surface area contributed by atoms with Crippen molar-refractivity contribution in [3.05, 3.63) is 34.4 Å². The molecular weight excluding hydrogens is 280 g/mol. The van der Waals surface area contributed by atoms with E-state index in [0.29, 0.717) is 24.2 Å². The molecule has 1 aromatic carbocycles. The molecule has 2 aromatic rings. The van der Waals surface area contributed by atoms with Gasteiger partial charge in [-0.15, -0.1) is 5.10 Å². The van der Waals surface area contributed by atoms with Crippen LogP contribution in [0.1, 0.15) is 6.92 Å². The number of non-ortho nitro benzene ring substituents is 1. The summed E-state index contributed by atoms with van der Waals surface area (Å²) >= 11 is 1.50. The Hall–Kier alpha value is -1.93. The van der Waals surface area contributed by atoms with Gasteiger partial charge in [0.15, 0.2) is 5.82 Å². The molecule has 7 nitrogen and oxygen atoms in total. The number of nitro groups is 1. The predicted octanol–water partition coefficient (Wildman–Crippen LogP) is 2.51. The van der Waals surface area contributed by atoms with Crippen LogP contribution in [0.15, 0.2) is 29.4 Å². The molecule has 0 saturated heterocycles. The number of aromatic nitrogens is 3. The monoisotopic (exact) mass is 294 g/mol. The molecule has 0 aliphatic rings. The lowest BCUT2D eigenvalue weighted by Crippen LogP contribution is -1.96. The van der Waals surface area contributed by atoms with Gasteiger partial charge in [0.05, 0.1) is 11.5 Å². The van der Waals surface area contributed by atoms with Crippen LogP contribution in [0.4, 0.5) is 5.69 Å². The highest BCUT2D eigenvalue weighted by molar-refractivity contribution is 7.99. The molecule has 1 aromatic heterocycles. The summed E-state index contributed by atoms with van der Waals surface area (Å²) in [7, 11) is 0. The maximum absolute atomic E-state index is 10.6. The SMILES string of the molecule is CCOCCSc1n[nH]c(-c2ccc([N+](=O)[O-])cc2)n1. The van der Waals surface area contributed by atoms with E-state index >= 15 is 0 Å². The van der Waals surface area contributed by atoms with Crippen molar-refractivity contribution in [1.29, 1.82) is 0 Å². The second-order valence-electron chi connectivity index (χ2n) is 3.82. The van der Waals surface area contributed by atoms with E-state index in [1.165, 1.54) is 23.9 Å². The zero-order valence-electron chi connectivity index (χ0n) is 10.9. The third kappa shape index (κ3) is 3.78. The number of hydrogen-bond donors (Lipinski definition) is 1. The highest BCUT2D eigenvalue weighted by Gasteiger charge is 2.09. The molecule has 0 atom stereocenters. The van der Waals surface area contributed by atoms with Gasteiger partial charge in [0.2, 0.25) is 5.16 Å². The lowest BCUT2D eigenvalue weighted by molar-refractivity contribution is -0.384. The number of benzene rings is 1. The van der Waals surface area contributed by atoms with Gasteiger partial charge in [-0.2, -0.15) is 0 Å². The Morgan fingerprint density at radius 2 is 2.15 bits per heavy atom. The van der Waals surface area contributed by atoms with Gasteiger partial charge in [-0.05, 0) is 19.1 Å². The van der Waals surface area contributed by atoms with E-state index in [0.717, 1.165) is 11.3 Å². The van der Waals surface area contributed by atoms with Crippen molar-refractivity contribution in [2.75, 3.05) is 19.0 Å². The smallest absolute Gasteiger partial charge is 0.269 e. The summed E-state index contributed by atoms with van der Waals surface area (Å²) in [5.41, 5.74) is 0.819. The average molecular weight is 294 g/mol. The van der Waals surface area contributed by atoms with Crippen LogP contribution in [0.5, 0.6) is 0 Å². The van der Waals surface area contributed by atoms with Crippen molar-refractivity contribution in [2.24, 2.45) is 0 Å². The minimum atomic E-state index is -0.431. The molecule has 0 aliphatic heterocycles. The van der Waals surface area contributed by atoms with E-state index in [-0.39, 0.29) is 5.69 Å². The maximum Gasteiger partial charge on any atom is 0.269 e. The number of ether oxygens (including phenoxy) is 1. The molecular formula is C12H14N4O3S. The minimum absolute atomic E-state index is 0.0552. The first kappa shape index (κ1) is 14.5. The number of nitrogens with zero attached hydrogens (tertiary/aromatic N) is 3. The molecule has 0 bridgehead atoms. The second-order valence-corrected chi connectivity index (χ2v) is 4.88. The molecule has 0 amide bonds. The first-order valence-corrected chi connectivity index (χ1v) is 7.07. The van der Waals surface area contributed by atoms with Gasteiger partial charge in [0.25, 0.3) is 5.69 Å². The summed E-state index contributed by atoms with van der Waals surface area (Å²) in [4.78, 5) is 14.5. The first-order valence-electron chi connectivity index (χ1n) is 6.08. The van der Waals surface area contributed by atoms with Gasteiger partial charge < -0.3 is 4.74 Å². The average Bonchev–Trinajstić information content (AvgIpc) is 2.92. The second kappa shape index (κ2) is 7.01. The Morgan fingerprint density at radius 3 is 2.80 bits per heavy atom. The van der Waals surface area contributed by atoms with Gasteiger partial charge in [0, 0.05) is 30.1 Å². The summed E-state index contributed by atoms with van der Waals surface area (Å²) < 4.78 is 5.23. The van der Waals surface area contributed by atoms with Crippen LogP contribution < -0.4 is 0 Å². The number of H-pyrrole nitrogens is 1. The van der Waals surface area contributed by atoms with Gasteiger partial charge in [-0.3, -0.25) is 15.2 Å². The quantitative estimate of drug-likeness (QED) is 0.365.